The lowest BCUT2D eigenvalue weighted by atomic mass is 9.75. The largest absolute Gasteiger partial charge is 0.464 e. The number of rotatable bonds is 20. The number of carbonyl (C=O) groups is 8. The van der Waals surface area contributed by atoms with Gasteiger partial charge in [-0.2, -0.15) is 0 Å². The van der Waals surface area contributed by atoms with Crippen LogP contribution in [0.25, 0.3) is 33.4 Å². The van der Waals surface area contributed by atoms with Crippen LogP contribution in [0.2, 0.25) is 0 Å². The van der Waals surface area contributed by atoms with E-state index in [-0.39, 0.29) is 30.3 Å². The monoisotopic (exact) mass is 1250 g/mol. The quantitative estimate of drug-likeness (QED) is 0.0588. The molecule has 22 heteroatoms. The van der Waals surface area contributed by atoms with E-state index in [9.17, 15) is 38.4 Å². The fourth-order valence-electron chi connectivity index (χ4n) is 11.9. The zero-order chi connectivity index (χ0) is 66.5. The molecule has 0 unspecified atom stereocenters. The number of esters is 8. The van der Waals surface area contributed by atoms with Crippen molar-refractivity contribution in [3.63, 3.8) is 0 Å². The molecule has 3 saturated heterocycles. The van der Waals surface area contributed by atoms with Gasteiger partial charge in [0.05, 0.1) is 11.5 Å². The normalized spacial score (nSPS) is 27.8. The number of ether oxygens (including phenoxy) is 14. The van der Waals surface area contributed by atoms with Gasteiger partial charge in [-0.1, -0.05) is 52.8 Å². The van der Waals surface area contributed by atoms with E-state index < -0.39 is 126 Å². The summed E-state index contributed by atoms with van der Waals surface area (Å²) >= 11 is 0. The summed E-state index contributed by atoms with van der Waals surface area (Å²) in [6.07, 6.45) is -10.4. The van der Waals surface area contributed by atoms with E-state index in [1.165, 1.54) is 41.5 Å². The Morgan fingerprint density at radius 1 is 0.411 bits per heavy atom. The molecule has 0 N–H and O–H groups in total. The van der Waals surface area contributed by atoms with Gasteiger partial charge in [0.1, 0.15) is 42.7 Å². The van der Waals surface area contributed by atoms with Crippen LogP contribution < -0.4 is 14.2 Å². The van der Waals surface area contributed by atoms with Crippen molar-refractivity contribution in [1.82, 2.24) is 0 Å². The molecule has 0 bridgehead atoms. The van der Waals surface area contributed by atoms with Gasteiger partial charge in [0.25, 0.3) is 0 Å². The van der Waals surface area contributed by atoms with Gasteiger partial charge in [-0.3, -0.25) is 38.4 Å². The molecule has 4 aromatic carbocycles. The zero-order valence-corrected chi connectivity index (χ0v) is 54.5. The van der Waals surface area contributed by atoms with Crippen LogP contribution in [0.15, 0.2) is 72.8 Å². The molecule has 0 saturated carbocycles. The summed E-state index contributed by atoms with van der Waals surface area (Å²) in [6.45, 7) is 27.4. The minimum absolute atomic E-state index is 0.0746. The zero-order valence-electron chi connectivity index (χ0n) is 54.5. The first-order chi connectivity index (χ1) is 42.1. The molecule has 3 aliphatic rings. The van der Waals surface area contributed by atoms with Gasteiger partial charge in [-0.05, 0) is 152 Å². The predicted octanol–water partition coefficient (Wildman–Crippen LogP) is 10.1. The van der Waals surface area contributed by atoms with Crippen molar-refractivity contribution in [2.75, 3.05) is 13.2 Å². The van der Waals surface area contributed by atoms with Gasteiger partial charge >= 0.3 is 47.8 Å². The Morgan fingerprint density at radius 2 is 0.756 bits per heavy atom. The highest BCUT2D eigenvalue weighted by Crippen LogP contribution is 2.46. The maximum Gasteiger partial charge on any atom is 0.303 e. The predicted molar refractivity (Wildman–Crippen MR) is 323 cm³/mol. The summed E-state index contributed by atoms with van der Waals surface area (Å²) in [6, 6.07) is 23.0. The van der Waals surface area contributed by atoms with Crippen molar-refractivity contribution in [2.45, 2.75) is 204 Å². The van der Waals surface area contributed by atoms with Crippen LogP contribution in [0.3, 0.4) is 0 Å². The Labute approximate surface area is 525 Å². The third kappa shape index (κ3) is 15.9. The molecule has 22 nitrogen and oxygen atoms in total. The number of hydrogen-bond donors (Lipinski definition) is 0. The first kappa shape index (κ1) is 69.4. The van der Waals surface area contributed by atoms with E-state index in [0.717, 1.165) is 66.1 Å². The van der Waals surface area contributed by atoms with Gasteiger partial charge in [-0.25, -0.2) is 0 Å². The second-order valence-corrected chi connectivity index (χ2v) is 24.4. The highest BCUT2D eigenvalue weighted by Gasteiger charge is 2.62. The van der Waals surface area contributed by atoms with Crippen LogP contribution in [-0.4, -0.2) is 134 Å². The van der Waals surface area contributed by atoms with E-state index in [1.807, 2.05) is 95.3 Å². The van der Waals surface area contributed by atoms with Gasteiger partial charge in [0, 0.05) is 61.3 Å². The van der Waals surface area contributed by atoms with Crippen LogP contribution in [-0.2, 0) is 90.5 Å². The molecule has 0 amide bonds. The van der Waals surface area contributed by atoms with Crippen LogP contribution >= 0.6 is 0 Å². The number of carbonyl (C=O) groups excluding carboxylic acids is 8. The Bertz CT molecular complexity index is 3350. The minimum Gasteiger partial charge on any atom is -0.464 e. The van der Waals surface area contributed by atoms with Gasteiger partial charge in [0.2, 0.25) is 24.5 Å². The van der Waals surface area contributed by atoms with Crippen LogP contribution in [0.5, 0.6) is 17.2 Å². The van der Waals surface area contributed by atoms with E-state index in [2.05, 4.69) is 6.92 Å². The second kappa shape index (κ2) is 28.4. The highest BCUT2D eigenvalue weighted by molar-refractivity contribution is 5.82. The minimum atomic E-state index is -1.94. The summed E-state index contributed by atoms with van der Waals surface area (Å²) in [5, 5.41) is 0. The standard InChI is InChI=1S/C68H84O22/c1-19-53-37(5)38(6)67(17,89-45(13)75)64(83-53)85-55-24-21-48(27-35(55)3)51-29-50(47-20-23-54(34(2)26-47)84-63-66(15,16)61(81-43(11)73)59(79-41(9)71)57(87-63)32-77-39(7)69)30-52(31-51)49-22-25-56(36(4)28-49)86-65-68(18,90-46(14)76)62(82-44(12)74)60(80-42(10)72)58(88-65)33-78-40(8)70/h20-31,37-38,53,57-65H,19,32-33H2,1-18H3/t37-,38-,53+,57+,58+,59+,60+,61-,62-,63-,64+,65-,67-,68-/m0/s1. The molecule has 0 aromatic heterocycles. The first-order valence-electron chi connectivity index (χ1n) is 29.9. The van der Waals surface area contributed by atoms with Gasteiger partial charge in [-0.15, -0.1) is 0 Å². The highest BCUT2D eigenvalue weighted by atomic mass is 16.7. The summed E-state index contributed by atoms with van der Waals surface area (Å²) in [4.78, 5) is 99.7. The number of benzene rings is 4. The van der Waals surface area contributed by atoms with Crippen molar-refractivity contribution in [3.8, 4) is 50.6 Å². The fourth-order valence-corrected chi connectivity index (χ4v) is 11.9. The van der Waals surface area contributed by atoms with Crippen LogP contribution in [0.4, 0.5) is 0 Å². The second-order valence-electron chi connectivity index (χ2n) is 24.4. The molecule has 7 rings (SSSR count). The van der Waals surface area contributed by atoms with Gasteiger partial charge in [0.15, 0.2) is 30.0 Å². The average Bonchev–Trinajstić information content (AvgIpc) is 0.775. The first-order valence-corrected chi connectivity index (χ1v) is 29.9. The smallest absolute Gasteiger partial charge is 0.303 e. The van der Waals surface area contributed by atoms with Crippen LogP contribution in [0.1, 0.15) is 127 Å². The Hall–Kier alpha value is -8.08. The number of aryl methyl sites for hydroxylation is 3. The maximum absolute atomic E-state index is 12.9. The fraction of sp³-hybridized carbons (Fsp3) is 0.529. The van der Waals surface area contributed by atoms with Crippen molar-refractivity contribution in [2.24, 2.45) is 17.3 Å². The van der Waals surface area contributed by atoms with E-state index in [4.69, 9.17) is 66.3 Å². The van der Waals surface area contributed by atoms with E-state index >= 15 is 0 Å². The molecule has 0 radical (unpaired) electrons. The SMILES string of the molecule is CC[C@H]1O[C@H](Oc2ccc(-c3cc(-c4ccc(O[C@H]5O[C@H](COC(C)=O)[C@@H](OC(C)=O)[C@H](OC(C)=O)C5(C)C)c(C)c4)cc(-c4ccc(O[C@H]5O[C@H](COC(C)=O)[C@@H](OC(C)=O)[C@H](OC(C)=O)[C@]5(C)OC(C)=O)c(C)c4)c3)cc2C)[C@@](C)(OC(C)=O)[C@@H](C)[C@@H]1C. The molecular formula is C68H84O22. The van der Waals surface area contributed by atoms with E-state index in [1.54, 1.807) is 32.9 Å². The van der Waals surface area contributed by atoms with Crippen LogP contribution in [0, 0.1) is 38.0 Å². The van der Waals surface area contributed by atoms with Crippen molar-refractivity contribution in [1.29, 1.82) is 0 Å². The summed E-state index contributed by atoms with van der Waals surface area (Å²) < 4.78 is 84.6. The molecular weight excluding hydrogens is 1170 g/mol. The van der Waals surface area contributed by atoms with Crippen molar-refractivity contribution < 1.29 is 105 Å². The average molecular weight is 1250 g/mol. The summed E-state index contributed by atoms with van der Waals surface area (Å²) in [7, 11) is 0. The molecule has 0 aliphatic carbocycles. The van der Waals surface area contributed by atoms with E-state index in [0.29, 0.717) is 22.6 Å². The summed E-state index contributed by atoms with van der Waals surface area (Å²) in [5.41, 5.74) is 2.58. The molecule has 488 valence electrons. The third-order valence-corrected chi connectivity index (χ3v) is 16.7. The Morgan fingerprint density at radius 3 is 1.12 bits per heavy atom. The molecule has 0 spiro atoms. The molecule has 4 aromatic rings. The summed E-state index contributed by atoms with van der Waals surface area (Å²) in [5.74, 6) is -4.21. The Balaban J connectivity index is 1.31. The Kier molecular flexibility index (Phi) is 21.9. The molecule has 3 heterocycles. The lowest BCUT2D eigenvalue weighted by Gasteiger charge is -2.50. The lowest BCUT2D eigenvalue weighted by Crippen LogP contribution is -2.70. The van der Waals surface area contributed by atoms with Gasteiger partial charge < -0.3 is 66.3 Å². The maximum atomic E-state index is 12.9. The van der Waals surface area contributed by atoms with Crippen molar-refractivity contribution >= 4 is 47.8 Å². The third-order valence-electron chi connectivity index (χ3n) is 16.7. The topological polar surface area (TPSA) is 266 Å². The molecule has 3 fully saturated rings. The molecule has 14 atom stereocenters. The molecule has 90 heavy (non-hydrogen) atoms. The lowest BCUT2D eigenvalue weighted by molar-refractivity contribution is -0.321. The van der Waals surface area contributed by atoms with Crippen molar-refractivity contribution in [3.05, 3.63) is 89.5 Å². The molecule has 3 aliphatic heterocycles. The number of hydrogen-bond acceptors (Lipinski definition) is 22.